The minimum absolute atomic E-state index is 0.102. The van der Waals surface area contributed by atoms with Gasteiger partial charge in [0.05, 0.1) is 17.9 Å². The van der Waals surface area contributed by atoms with Crippen LogP contribution in [0.4, 0.5) is 15.8 Å². The number of esters is 1. The summed E-state index contributed by atoms with van der Waals surface area (Å²) in [4.78, 5) is 13.8. The number of benzene rings is 1. The fourth-order valence-corrected chi connectivity index (χ4v) is 2.08. The normalized spacial score (nSPS) is 10.7. The third-order valence-corrected chi connectivity index (χ3v) is 3.01. The lowest BCUT2D eigenvalue weighted by molar-refractivity contribution is 0.0527. The van der Waals surface area contributed by atoms with Gasteiger partial charge in [-0.25, -0.2) is 9.18 Å². The Morgan fingerprint density at radius 3 is 2.55 bits per heavy atom. The van der Waals surface area contributed by atoms with Gasteiger partial charge in [0.15, 0.2) is 0 Å². The van der Waals surface area contributed by atoms with Gasteiger partial charge < -0.3 is 15.4 Å². The van der Waals surface area contributed by atoms with Gasteiger partial charge in [-0.2, -0.15) is 0 Å². The number of nitrogens with zero attached hydrogens (tertiary/aromatic N) is 1. The summed E-state index contributed by atoms with van der Waals surface area (Å²) in [7, 11) is 0. The van der Waals surface area contributed by atoms with Crippen LogP contribution in [0.3, 0.4) is 0 Å². The number of halogens is 1. The van der Waals surface area contributed by atoms with Crippen LogP contribution in [0.15, 0.2) is 12.1 Å². The van der Waals surface area contributed by atoms with Crippen LogP contribution in [0.2, 0.25) is 0 Å². The predicted molar refractivity (Wildman–Crippen MR) is 79.5 cm³/mol. The molecule has 0 bridgehead atoms. The van der Waals surface area contributed by atoms with Crippen molar-refractivity contribution in [2.45, 2.75) is 40.2 Å². The lowest BCUT2D eigenvalue weighted by atomic mass is 10.1. The summed E-state index contributed by atoms with van der Waals surface area (Å²) in [6.07, 6.45) is 0.886. The summed E-state index contributed by atoms with van der Waals surface area (Å²) in [6.45, 7) is 8.67. The largest absolute Gasteiger partial charge is 0.462 e. The number of carbonyl (C=O) groups excluding carboxylic acids is 1. The molecular formula is C15H23FN2O2. The molecule has 0 radical (unpaired) electrons. The van der Waals surface area contributed by atoms with E-state index in [1.807, 2.05) is 25.7 Å². The summed E-state index contributed by atoms with van der Waals surface area (Å²) >= 11 is 0. The third kappa shape index (κ3) is 3.62. The predicted octanol–water partition coefficient (Wildman–Crippen LogP) is 3.21. The van der Waals surface area contributed by atoms with Crippen LogP contribution in [0, 0.1) is 5.82 Å². The van der Waals surface area contributed by atoms with Crippen molar-refractivity contribution in [1.82, 2.24) is 0 Å². The van der Waals surface area contributed by atoms with Crippen LogP contribution in [0.25, 0.3) is 0 Å². The van der Waals surface area contributed by atoms with E-state index in [9.17, 15) is 9.18 Å². The van der Waals surface area contributed by atoms with Gasteiger partial charge in [-0.05, 0) is 39.3 Å². The van der Waals surface area contributed by atoms with E-state index in [1.165, 1.54) is 12.1 Å². The standard InChI is InChI=1S/C15H23FN2O2/c1-5-7-18(10(3)4)14-8-11(15(19)20-6-2)13(17)9-12(14)16/h8-10H,5-7,17H2,1-4H3. The first-order valence-corrected chi connectivity index (χ1v) is 6.95. The molecule has 4 nitrogen and oxygen atoms in total. The molecule has 0 spiro atoms. The second-order valence-electron chi connectivity index (χ2n) is 4.90. The zero-order valence-corrected chi connectivity index (χ0v) is 12.6. The van der Waals surface area contributed by atoms with Crippen LogP contribution in [0.1, 0.15) is 44.5 Å². The van der Waals surface area contributed by atoms with Gasteiger partial charge in [0, 0.05) is 18.3 Å². The molecule has 0 aliphatic heterocycles. The van der Waals surface area contributed by atoms with E-state index in [4.69, 9.17) is 10.5 Å². The number of nitrogens with two attached hydrogens (primary N) is 1. The molecule has 1 aromatic carbocycles. The first kappa shape index (κ1) is 16.3. The quantitative estimate of drug-likeness (QED) is 0.643. The minimum atomic E-state index is -0.522. The van der Waals surface area contributed by atoms with Crippen molar-refractivity contribution in [3.63, 3.8) is 0 Å². The van der Waals surface area contributed by atoms with Gasteiger partial charge in [0.1, 0.15) is 5.82 Å². The van der Waals surface area contributed by atoms with Crippen LogP contribution < -0.4 is 10.6 Å². The number of hydrogen-bond acceptors (Lipinski definition) is 4. The van der Waals surface area contributed by atoms with Gasteiger partial charge in [-0.15, -0.1) is 0 Å². The van der Waals surface area contributed by atoms with Crippen molar-refractivity contribution in [2.24, 2.45) is 0 Å². The Morgan fingerprint density at radius 2 is 2.05 bits per heavy atom. The van der Waals surface area contributed by atoms with Crippen LogP contribution >= 0.6 is 0 Å². The number of rotatable bonds is 6. The Balaban J connectivity index is 3.25. The van der Waals surface area contributed by atoms with Gasteiger partial charge in [0.25, 0.3) is 0 Å². The Hall–Kier alpha value is -1.78. The highest BCUT2D eigenvalue weighted by Crippen LogP contribution is 2.27. The summed E-state index contributed by atoms with van der Waals surface area (Å²) in [6, 6.07) is 2.80. The van der Waals surface area contributed by atoms with Crippen LogP contribution in [-0.2, 0) is 4.74 Å². The monoisotopic (exact) mass is 282 g/mol. The zero-order chi connectivity index (χ0) is 15.3. The molecule has 0 aromatic heterocycles. The van der Waals surface area contributed by atoms with Gasteiger partial charge in [0.2, 0.25) is 0 Å². The molecule has 0 unspecified atom stereocenters. The second kappa shape index (κ2) is 7.12. The molecule has 5 heteroatoms. The van der Waals surface area contributed by atoms with Crippen molar-refractivity contribution in [1.29, 1.82) is 0 Å². The van der Waals surface area contributed by atoms with E-state index in [0.717, 1.165) is 6.42 Å². The fraction of sp³-hybridized carbons (Fsp3) is 0.533. The highest BCUT2D eigenvalue weighted by Gasteiger charge is 2.20. The fourth-order valence-electron chi connectivity index (χ4n) is 2.08. The van der Waals surface area contributed by atoms with Crippen molar-refractivity contribution in [2.75, 3.05) is 23.8 Å². The van der Waals surface area contributed by atoms with E-state index in [0.29, 0.717) is 12.2 Å². The van der Waals surface area contributed by atoms with Gasteiger partial charge >= 0.3 is 5.97 Å². The number of anilines is 2. The molecule has 0 amide bonds. The number of ether oxygens (including phenoxy) is 1. The second-order valence-corrected chi connectivity index (χ2v) is 4.90. The third-order valence-electron chi connectivity index (χ3n) is 3.01. The summed E-state index contributed by atoms with van der Waals surface area (Å²) < 4.78 is 19.1. The molecular weight excluding hydrogens is 259 g/mol. The molecule has 20 heavy (non-hydrogen) atoms. The average Bonchev–Trinajstić information content (AvgIpc) is 2.36. The van der Waals surface area contributed by atoms with E-state index in [2.05, 4.69) is 0 Å². The Kier molecular flexibility index (Phi) is 5.80. The molecule has 0 saturated heterocycles. The van der Waals surface area contributed by atoms with Gasteiger partial charge in [-0.3, -0.25) is 0 Å². The SMILES string of the molecule is CCCN(c1cc(C(=O)OCC)c(N)cc1F)C(C)C. The van der Waals surface area contributed by atoms with E-state index in [-0.39, 0.29) is 23.9 Å². The number of carbonyl (C=O) groups is 1. The van der Waals surface area contributed by atoms with Crippen molar-refractivity contribution >= 4 is 17.3 Å². The van der Waals surface area contributed by atoms with E-state index < -0.39 is 11.8 Å². The number of hydrogen-bond donors (Lipinski definition) is 1. The molecule has 1 rings (SSSR count). The lowest BCUT2D eigenvalue weighted by Crippen LogP contribution is -2.32. The highest BCUT2D eigenvalue weighted by molar-refractivity contribution is 5.96. The Bertz CT molecular complexity index is 475. The molecule has 1 aromatic rings. The minimum Gasteiger partial charge on any atom is -0.462 e. The van der Waals surface area contributed by atoms with Gasteiger partial charge in [-0.1, -0.05) is 6.92 Å². The van der Waals surface area contributed by atoms with E-state index in [1.54, 1.807) is 6.92 Å². The van der Waals surface area contributed by atoms with Crippen molar-refractivity contribution in [3.8, 4) is 0 Å². The molecule has 0 aliphatic carbocycles. The molecule has 2 N–H and O–H groups in total. The molecule has 0 saturated carbocycles. The maximum atomic E-state index is 14.1. The van der Waals surface area contributed by atoms with E-state index >= 15 is 0 Å². The van der Waals surface area contributed by atoms with Crippen molar-refractivity contribution < 1.29 is 13.9 Å². The molecule has 0 aliphatic rings. The lowest BCUT2D eigenvalue weighted by Gasteiger charge is -2.29. The molecule has 112 valence electrons. The summed E-state index contributed by atoms with van der Waals surface area (Å²) in [5.74, 6) is -0.941. The summed E-state index contributed by atoms with van der Waals surface area (Å²) in [5, 5.41) is 0. The highest BCUT2D eigenvalue weighted by atomic mass is 19.1. The average molecular weight is 282 g/mol. The Labute approximate surface area is 119 Å². The van der Waals surface area contributed by atoms with Crippen molar-refractivity contribution in [3.05, 3.63) is 23.5 Å². The molecule has 0 heterocycles. The topological polar surface area (TPSA) is 55.6 Å². The molecule has 0 atom stereocenters. The maximum absolute atomic E-state index is 14.1. The van der Waals surface area contributed by atoms with Crippen LogP contribution in [0.5, 0.6) is 0 Å². The smallest absolute Gasteiger partial charge is 0.340 e. The Morgan fingerprint density at radius 1 is 1.40 bits per heavy atom. The summed E-state index contributed by atoms with van der Waals surface area (Å²) in [5.41, 5.74) is 6.42. The zero-order valence-electron chi connectivity index (χ0n) is 12.6. The maximum Gasteiger partial charge on any atom is 0.340 e. The first-order chi connectivity index (χ1) is 9.42. The van der Waals surface area contributed by atoms with Crippen LogP contribution in [-0.4, -0.2) is 25.2 Å². The molecule has 0 fully saturated rings. The number of nitrogen functional groups attached to an aromatic ring is 1. The first-order valence-electron chi connectivity index (χ1n) is 6.95.